The minimum absolute atomic E-state index is 0.239. The van der Waals surface area contributed by atoms with Crippen LogP contribution in [0.15, 0.2) is 78.9 Å². The number of unbranched alkanes of at least 4 members (excludes halogenated alkanes) is 2. The van der Waals surface area contributed by atoms with E-state index in [0.717, 1.165) is 66.2 Å². The van der Waals surface area contributed by atoms with E-state index in [0.29, 0.717) is 26.2 Å². The summed E-state index contributed by atoms with van der Waals surface area (Å²) >= 11 is 0. The average molecular weight is 470 g/mol. The number of imidazole rings is 1. The zero-order valence-corrected chi connectivity index (χ0v) is 19.9. The standard InChI is InChI=1S/C29H31N3O3/c33-28(31-17-20-34-21-18-31)14-8-3-9-19-35-25-15-16-26-27(22-25)32(24-12-6-2-7-13-24)29(30-26)23-10-4-1-5-11-23/h1-2,4-7,10-13,15-16,22H,3,8-9,14,17-21H2. The molecule has 0 unspecified atom stereocenters. The van der Waals surface area contributed by atoms with Gasteiger partial charge < -0.3 is 14.4 Å². The van der Waals surface area contributed by atoms with Crippen LogP contribution in [0.1, 0.15) is 25.7 Å². The van der Waals surface area contributed by atoms with Crippen LogP contribution in [0.3, 0.4) is 0 Å². The highest BCUT2D eigenvalue weighted by Gasteiger charge is 2.16. The molecular formula is C29H31N3O3. The summed E-state index contributed by atoms with van der Waals surface area (Å²) in [7, 11) is 0. The van der Waals surface area contributed by atoms with Crippen molar-refractivity contribution in [2.45, 2.75) is 25.7 Å². The molecule has 1 saturated heterocycles. The number of carbonyl (C=O) groups is 1. The Morgan fingerprint density at radius 3 is 2.40 bits per heavy atom. The van der Waals surface area contributed by atoms with E-state index < -0.39 is 0 Å². The van der Waals surface area contributed by atoms with E-state index in [4.69, 9.17) is 14.5 Å². The van der Waals surface area contributed by atoms with Gasteiger partial charge in [0, 0.05) is 36.8 Å². The number of carbonyl (C=O) groups excluding carboxylic acids is 1. The van der Waals surface area contributed by atoms with Gasteiger partial charge in [0.1, 0.15) is 11.6 Å². The molecule has 1 aromatic heterocycles. The number of benzene rings is 3. The molecule has 1 amide bonds. The van der Waals surface area contributed by atoms with Crippen LogP contribution in [0.4, 0.5) is 0 Å². The number of para-hydroxylation sites is 1. The summed E-state index contributed by atoms with van der Waals surface area (Å²) < 4.78 is 13.6. The minimum Gasteiger partial charge on any atom is -0.494 e. The van der Waals surface area contributed by atoms with Crippen molar-refractivity contribution in [3.63, 3.8) is 0 Å². The Bertz CT molecular complexity index is 1250. The van der Waals surface area contributed by atoms with Gasteiger partial charge in [-0.3, -0.25) is 9.36 Å². The highest BCUT2D eigenvalue weighted by Crippen LogP contribution is 2.30. The number of aromatic nitrogens is 2. The maximum absolute atomic E-state index is 12.3. The molecule has 0 spiro atoms. The second kappa shape index (κ2) is 11.2. The summed E-state index contributed by atoms with van der Waals surface area (Å²) in [6.07, 6.45) is 3.38. The first-order valence-corrected chi connectivity index (χ1v) is 12.4. The molecule has 180 valence electrons. The Labute approximate surface area is 206 Å². The van der Waals surface area contributed by atoms with Gasteiger partial charge in [-0.15, -0.1) is 0 Å². The third-order valence-corrected chi connectivity index (χ3v) is 6.34. The zero-order chi connectivity index (χ0) is 23.9. The number of amides is 1. The Kier molecular flexibility index (Phi) is 7.39. The number of fused-ring (bicyclic) bond motifs is 1. The molecule has 1 aliphatic heterocycles. The van der Waals surface area contributed by atoms with Crippen molar-refractivity contribution >= 4 is 16.9 Å². The van der Waals surface area contributed by atoms with Crippen molar-refractivity contribution in [1.29, 1.82) is 0 Å². The van der Waals surface area contributed by atoms with E-state index in [1.54, 1.807) is 0 Å². The van der Waals surface area contributed by atoms with Gasteiger partial charge in [0.15, 0.2) is 0 Å². The monoisotopic (exact) mass is 469 g/mol. The summed E-state index contributed by atoms with van der Waals surface area (Å²) in [5, 5.41) is 0. The first-order valence-electron chi connectivity index (χ1n) is 12.4. The normalized spacial score (nSPS) is 13.8. The predicted molar refractivity (Wildman–Crippen MR) is 138 cm³/mol. The van der Waals surface area contributed by atoms with E-state index in [-0.39, 0.29) is 5.91 Å². The molecule has 0 atom stereocenters. The molecule has 6 nitrogen and oxygen atoms in total. The molecule has 6 heteroatoms. The summed E-state index contributed by atoms with van der Waals surface area (Å²) in [6.45, 7) is 3.37. The summed E-state index contributed by atoms with van der Waals surface area (Å²) in [4.78, 5) is 19.1. The zero-order valence-electron chi connectivity index (χ0n) is 19.9. The molecule has 1 aliphatic rings. The maximum Gasteiger partial charge on any atom is 0.222 e. The lowest BCUT2D eigenvalue weighted by Crippen LogP contribution is -2.40. The Morgan fingerprint density at radius 1 is 0.886 bits per heavy atom. The van der Waals surface area contributed by atoms with Gasteiger partial charge in [0.2, 0.25) is 5.91 Å². The fourth-order valence-corrected chi connectivity index (χ4v) is 4.48. The first-order chi connectivity index (χ1) is 17.3. The number of ether oxygens (including phenoxy) is 2. The molecule has 1 fully saturated rings. The lowest BCUT2D eigenvalue weighted by atomic mass is 10.2. The molecule has 0 saturated carbocycles. The molecule has 3 aromatic carbocycles. The van der Waals surface area contributed by atoms with Crippen molar-refractivity contribution in [3.8, 4) is 22.8 Å². The van der Waals surface area contributed by atoms with E-state index in [1.165, 1.54) is 0 Å². The number of hydrogen-bond acceptors (Lipinski definition) is 4. The average Bonchev–Trinajstić information content (AvgIpc) is 3.31. The van der Waals surface area contributed by atoms with Gasteiger partial charge in [0.25, 0.3) is 0 Å². The van der Waals surface area contributed by atoms with E-state index in [1.807, 2.05) is 53.4 Å². The van der Waals surface area contributed by atoms with Crippen LogP contribution in [0.25, 0.3) is 28.1 Å². The van der Waals surface area contributed by atoms with Gasteiger partial charge in [-0.25, -0.2) is 4.98 Å². The van der Waals surface area contributed by atoms with Gasteiger partial charge >= 0.3 is 0 Å². The topological polar surface area (TPSA) is 56.6 Å². The van der Waals surface area contributed by atoms with Gasteiger partial charge in [-0.05, 0) is 43.5 Å². The first kappa shape index (κ1) is 23.1. The number of nitrogens with zero attached hydrogens (tertiary/aromatic N) is 3. The number of rotatable bonds is 9. The predicted octanol–water partition coefficient (Wildman–Crippen LogP) is 5.49. The fraction of sp³-hybridized carbons (Fsp3) is 0.310. The van der Waals surface area contributed by atoms with E-state index >= 15 is 0 Å². The third-order valence-electron chi connectivity index (χ3n) is 6.34. The Morgan fingerprint density at radius 2 is 1.63 bits per heavy atom. The molecule has 0 bridgehead atoms. The quantitative estimate of drug-likeness (QED) is 0.304. The molecular weight excluding hydrogens is 438 g/mol. The van der Waals surface area contributed by atoms with Crippen LogP contribution < -0.4 is 4.74 Å². The van der Waals surface area contributed by atoms with Crippen molar-refractivity contribution in [2.75, 3.05) is 32.9 Å². The largest absolute Gasteiger partial charge is 0.494 e. The smallest absolute Gasteiger partial charge is 0.222 e. The van der Waals surface area contributed by atoms with Crippen molar-refractivity contribution < 1.29 is 14.3 Å². The highest BCUT2D eigenvalue weighted by atomic mass is 16.5. The molecule has 35 heavy (non-hydrogen) atoms. The third kappa shape index (κ3) is 5.54. The molecule has 0 radical (unpaired) electrons. The van der Waals surface area contributed by atoms with Crippen LogP contribution in [0, 0.1) is 0 Å². The number of morpholine rings is 1. The summed E-state index contributed by atoms with van der Waals surface area (Å²) in [5.41, 5.74) is 4.09. The van der Waals surface area contributed by atoms with Crippen molar-refractivity contribution in [3.05, 3.63) is 78.9 Å². The number of hydrogen-bond donors (Lipinski definition) is 0. The lowest BCUT2D eigenvalue weighted by molar-refractivity contribution is -0.135. The van der Waals surface area contributed by atoms with Gasteiger partial charge in [-0.2, -0.15) is 0 Å². The van der Waals surface area contributed by atoms with Crippen LogP contribution in [0.2, 0.25) is 0 Å². The summed E-state index contributed by atoms with van der Waals surface area (Å²) in [6, 6.07) is 26.6. The van der Waals surface area contributed by atoms with Gasteiger partial charge in [0.05, 0.1) is 30.9 Å². The SMILES string of the molecule is O=C(CCCCCOc1ccc2nc(-c3ccccc3)n(-c3ccccc3)c2c1)N1CCOCC1. The molecule has 5 rings (SSSR count). The Hall–Kier alpha value is -3.64. The molecule has 0 N–H and O–H groups in total. The Balaban J connectivity index is 1.24. The van der Waals surface area contributed by atoms with Crippen LogP contribution in [0.5, 0.6) is 5.75 Å². The van der Waals surface area contributed by atoms with Gasteiger partial charge in [-0.1, -0.05) is 48.5 Å². The lowest BCUT2D eigenvalue weighted by Gasteiger charge is -2.26. The molecule has 2 heterocycles. The minimum atomic E-state index is 0.239. The van der Waals surface area contributed by atoms with Crippen molar-refractivity contribution in [2.24, 2.45) is 0 Å². The van der Waals surface area contributed by atoms with E-state index in [2.05, 4.69) is 34.9 Å². The van der Waals surface area contributed by atoms with Crippen molar-refractivity contribution in [1.82, 2.24) is 14.5 Å². The molecule has 4 aromatic rings. The maximum atomic E-state index is 12.3. The van der Waals surface area contributed by atoms with E-state index in [9.17, 15) is 4.79 Å². The second-order valence-corrected chi connectivity index (χ2v) is 8.78. The molecule has 0 aliphatic carbocycles. The van der Waals surface area contributed by atoms with Crippen LogP contribution in [-0.2, 0) is 9.53 Å². The fourth-order valence-electron chi connectivity index (χ4n) is 4.48. The highest BCUT2D eigenvalue weighted by molar-refractivity contribution is 5.84. The van der Waals surface area contributed by atoms with Crippen LogP contribution >= 0.6 is 0 Å². The van der Waals surface area contributed by atoms with Crippen LogP contribution in [-0.4, -0.2) is 53.3 Å². The second-order valence-electron chi connectivity index (χ2n) is 8.78. The summed E-state index contributed by atoms with van der Waals surface area (Å²) in [5.74, 6) is 1.98.